The maximum atomic E-state index is 13.4. The summed E-state index contributed by atoms with van der Waals surface area (Å²) in [4.78, 5) is 6.69. The van der Waals surface area contributed by atoms with E-state index < -0.39 is 0 Å². The fraction of sp³-hybridized carbons (Fsp3) is 0.261. The van der Waals surface area contributed by atoms with Gasteiger partial charge in [0.1, 0.15) is 5.82 Å². The Hall–Kier alpha value is -2.88. The van der Waals surface area contributed by atoms with Gasteiger partial charge in [-0.1, -0.05) is 18.2 Å². The Morgan fingerprint density at radius 1 is 1.04 bits per heavy atom. The summed E-state index contributed by atoms with van der Waals surface area (Å²) in [6.07, 6.45) is 4.17. The number of halogens is 1. The number of nitrogens with one attached hydrogen (secondary N) is 1. The van der Waals surface area contributed by atoms with Crippen LogP contribution in [0, 0.1) is 5.82 Å². The van der Waals surface area contributed by atoms with E-state index >= 15 is 0 Å². The second-order valence-electron chi connectivity index (χ2n) is 7.52. The lowest BCUT2D eigenvalue weighted by molar-refractivity contribution is 0.627. The number of rotatable bonds is 6. The van der Waals surface area contributed by atoms with Gasteiger partial charge in [0.05, 0.1) is 5.69 Å². The first-order valence-electron chi connectivity index (χ1n) is 9.30. The Morgan fingerprint density at radius 3 is 2.59 bits per heavy atom. The van der Waals surface area contributed by atoms with Gasteiger partial charge in [-0.2, -0.15) is 0 Å². The molecule has 0 bridgehead atoms. The molecule has 0 spiro atoms. The second-order valence-corrected chi connectivity index (χ2v) is 7.52. The van der Waals surface area contributed by atoms with Crippen molar-refractivity contribution in [1.82, 2.24) is 4.98 Å². The van der Waals surface area contributed by atoms with Gasteiger partial charge in [-0.25, -0.2) is 4.39 Å². The monoisotopic (exact) mass is 361 g/mol. The molecule has 1 fully saturated rings. The Bertz CT molecular complexity index is 948. The van der Waals surface area contributed by atoms with Crippen LogP contribution in [0.1, 0.15) is 18.4 Å². The molecule has 3 nitrogen and oxygen atoms in total. The minimum Gasteiger partial charge on any atom is -0.384 e. The summed E-state index contributed by atoms with van der Waals surface area (Å²) in [6.45, 7) is 0.803. The van der Waals surface area contributed by atoms with E-state index in [4.69, 9.17) is 0 Å². The van der Waals surface area contributed by atoms with Gasteiger partial charge in [-0.15, -0.1) is 0 Å². The van der Waals surface area contributed by atoms with Crippen molar-refractivity contribution in [3.63, 3.8) is 0 Å². The molecule has 4 heteroatoms. The normalized spacial score (nSPS) is 14.6. The molecule has 0 atom stereocenters. The second kappa shape index (κ2) is 7.03. The van der Waals surface area contributed by atoms with Crippen molar-refractivity contribution >= 4 is 11.4 Å². The molecule has 2 aromatic carbocycles. The zero-order valence-electron chi connectivity index (χ0n) is 15.7. The third-order valence-electron chi connectivity index (χ3n) is 5.34. The number of hydrogen-bond acceptors (Lipinski definition) is 3. The molecule has 1 aliphatic rings. The molecule has 0 aliphatic heterocycles. The van der Waals surface area contributed by atoms with Crippen molar-refractivity contribution in [3.05, 3.63) is 78.2 Å². The number of pyridine rings is 1. The minimum atomic E-state index is -0.211. The van der Waals surface area contributed by atoms with Crippen molar-refractivity contribution in [2.75, 3.05) is 30.9 Å². The van der Waals surface area contributed by atoms with Gasteiger partial charge in [0.2, 0.25) is 0 Å². The predicted molar refractivity (Wildman–Crippen MR) is 110 cm³/mol. The van der Waals surface area contributed by atoms with Gasteiger partial charge in [-0.3, -0.25) is 4.98 Å². The number of nitrogens with zero attached hydrogens (tertiary/aromatic N) is 2. The molecule has 27 heavy (non-hydrogen) atoms. The summed E-state index contributed by atoms with van der Waals surface area (Å²) in [5.74, 6) is -0.211. The highest BCUT2D eigenvalue weighted by molar-refractivity contribution is 5.66. The highest BCUT2D eigenvalue weighted by atomic mass is 19.1. The van der Waals surface area contributed by atoms with Crippen LogP contribution in [0.2, 0.25) is 0 Å². The van der Waals surface area contributed by atoms with Crippen molar-refractivity contribution in [1.29, 1.82) is 0 Å². The van der Waals surface area contributed by atoms with E-state index in [1.165, 1.54) is 11.6 Å². The van der Waals surface area contributed by atoms with Gasteiger partial charge < -0.3 is 10.2 Å². The zero-order valence-corrected chi connectivity index (χ0v) is 15.7. The molecule has 1 aromatic heterocycles. The molecular weight excluding hydrogens is 337 g/mol. The average molecular weight is 361 g/mol. The Labute approximate surface area is 159 Å². The fourth-order valence-electron chi connectivity index (χ4n) is 3.45. The Balaban J connectivity index is 1.56. The molecule has 1 heterocycles. The van der Waals surface area contributed by atoms with E-state index in [1.54, 1.807) is 12.1 Å². The Kier molecular flexibility index (Phi) is 4.56. The van der Waals surface area contributed by atoms with Gasteiger partial charge in [-0.05, 0) is 60.9 Å². The fourth-order valence-corrected chi connectivity index (χ4v) is 3.45. The van der Waals surface area contributed by atoms with Gasteiger partial charge in [0.25, 0.3) is 0 Å². The standard InChI is InChI=1S/C23H24FN3/c1-27(2)21-8-3-5-17(13-21)22-14-18(9-12-25-22)23(10-11-23)16-26-20-7-4-6-19(24)15-20/h3-9,12-15,26H,10-11,16H2,1-2H3. The maximum Gasteiger partial charge on any atom is 0.125 e. The lowest BCUT2D eigenvalue weighted by atomic mass is 9.95. The zero-order chi connectivity index (χ0) is 18.9. The quantitative estimate of drug-likeness (QED) is 0.662. The SMILES string of the molecule is CN(C)c1cccc(-c2cc(C3(CNc4cccc(F)c4)CC3)ccn2)c1. The van der Waals surface area contributed by atoms with E-state index in [0.717, 1.165) is 42.0 Å². The van der Waals surface area contributed by atoms with Crippen LogP contribution >= 0.6 is 0 Å². The lowest BCUT2D eigenvalue weighted by Gasteiger charge is -2.19. The summed E-state index contributed by atoms with van der Waals surface area (Å²) >= 11 is 0. The molecule has 0 amide bonds. The highest BCUT2D eigenvalue weighted by Gasteiger charge is 2.44. The summed E-state index contributed by atoms with van der Waals surface area (Å²) in [5, 5.41) is 3.40. The molecular formula is C23H24FN3. The van der Waals surface area contributed by atoms with Crippen LogP contribution in [0.25, 0.3) is 11.3 Å². The van der Waals surface area contributed by atoms with E-state index in [0.29, 0.717) is 0 Å². The summed E-state index contributed by atoms with van der Waals surface area (Å²) in [6, 6.07) is 19.4. The first kappa shape index (κ1) is 17.5. The molecule has 1 aliphatic carbocycles. The van der Waals surface area contributed by atoms with Crippen molar-refractivity contribution in [2.24, 2.45) is 0 Å². The van der Waals surface area contributed by atoms with Crippen molar-refractivity contribution in [2.45, 2.75) is 18.3 Å². The van der Waals surface area contributed by atoms with Crippen LogP contribution in [-0.2, 0) is 5.41 Å². The molecule has 3 aromatic rings. The van der Waals surface area contributed by atoms with E-state index in [9.17, 15) is 4.39 Å². The van der Waals surface area contributed by atoms with Crippen molar-refractivity contribution < 1.29 is 4.39 Å². The smallest absolute Gasteiger partial charge is 0.125 e. The van der Waals surface area contributed by atoms with Crippen LogP contribution < -0.4 is 10.2 Å². The highest BCUT2D eigenvalue weighted by Crippen LogP contribution is 2.48. The first-order valence-corrected chi connectivity index (χ1v) is 9.30. The van der Waals surface area contributed by atoms with Gasteiger partial charge >= 0.3 is 0 Å². The summed E-state index contributed by atoms with van der Waals surface area (Å²) in [5.41, 5.74) is 5.52. The lowest BCUT2D eigenvalue weighted by Crippen LogP contribution is -2.19. The average Bonchev–Trinajstić information content (AvgIpc) is 3.48. The number of anilines is 2. The van der Waals surface area contributed by atoms with E-state index in [2.05, 4.69) is 51.6 Å². The van der Waals surface area contributed by atoms with Crippen LogP contribution in [0.3, 0.4) is 0 Å². The minimum absolute atomic E-state index is 0.114. The third kappa shape index (κ3) is 3.80. The molecule has 0 unspecified atom stereocenters. The number of hydrogen-bond donors (Lipinski definition) is 1. The molecule has 0 radical (unpaired) electrons. The molecule has 1 N–H and O–H groups in total. The van der Waals surface area contributed by atoms with E-state index in [-0.39, 0.29) is 11.2 Å². The van der Waals surface area contributed by atoms with Crippen LogP contribution in [-0.4, -0.2) is 25.6 Å². The largest absolute Gasteiger partial charge is 0.384 e. The van der Waals surface area contributed by atoms with Crippen LogP contribution in [0.15, 0.2) is 66.9 Å². The first-order chi connectivity index (χ1) is 13.1. The molecule has 138 valence electrons. The topological polar surface area (TPSA) is 28.2 Å². The predicted octanol–water partition coefficient (Wildman–Crippen LogP) is 5.10. The van der Waals surface area contributed by atoms with Gasteiger partial charge in [0.15, 0.2) is 0 Å². The Morgan fingerprint density at radius 2 is 1.85 bits per heavy atom. The van der Waals surface area contributed by atoms with Crippen molar-refractivity contribution in [3.8, 4) is 11.3 Å². The van der Waals surface area contributed by atoms with E-state index in [1.807, 2.05) is 26.4 Å². The summed E-state index contributed by atoms with van der Waals surface area (Å²) in [7, 11) is 4.08. The molecule has 0 saturated heterocycles. The molecule has 1 saturated carbocycles. The molecule has 4 rings (SSSR count). The van der Waals surface area contributed by atoms with Crippen LogP contribution in [0.5, 0.6) is 0 Å². The number of aromatic nitrogens is 1. The number of benzene rings is 2. The summed E-state index contributed by atoms with van der Waals surface area (Å²) < 4.78 is 13.4. The van der Waals surface area contributed by atoms with Crippen LogP contribution in [0.4, 0.5) is 15.8 Å². The van der Waals surface area contributed by atoms with Gasteiger partial charge in [0, 0.05) is 49.2 Å². The maximum absolute atomic E-state index is 13.4. The third-order valence-corrected chi connectivity index (χ3v) is 5.34.